The van der Waals surface area contributed by atoms with Crippen molar-refractivity contribution in [1.82, 2.24) is 14.9 Å². The second kappa shape index (κ2) is 7.06. The Morgan fingerprint density at radius 3 is 2.72 bits per heavy atom. The lowest BCUT2D eigenvalue weighted by molar-refractivity contribution is 0.0574. The third kappa shape index (κ3) is 3.30. The summed E-state index contributed by atoms with van der Waals surface area (Å²) in [5.41, 5.74) is 2.45. The number of aromatic nitrogens is 2. The summed E-state index contributed by atoms with van der Waals surface area (Å²) in [5, 5.41) is 0. The van der Waals surface area contributed by atoms with E-state index in [0.717, 1.165) is 31.0 Å². The van der Waals surface area contributed by atoms with Crippen molar-refractivity contribution in [2.45, 2.75) is 37.6 Å². The van der Waals surface area contributed by atoms with Crippen LogP contribution in [-0.2, 0) is 6.42 Å². The summed E-state index contributed by atoms with van der Waals surface area (Å²) in [6.45, 7) is 0.511. The normalized spacial score (nSPS) is 21.4. The van der Waals surface area contributed by atoms with Gasteiger partial charge in [-0.3, -0.25) is 9.78 Å². The standard InChI is InChI=1S/C22H19F2N3O2/c23-15-3-7-18-13(9-15)1-5-17-6-2-14(11-27(17)22(18)28)21-26-20(12-29-21)19-8-4-16(24)10-25-19/h3-4,7-10,12,14,17H,1-2,5-6,11H2/t14-,17-/m0/s1. The SMILES string of the molecule is O=C1c2ccc(F)cc2CC[C@H]2CC[C@H](c3nc(-c4ccc(F)cn4)co3)CN12. The van der Waals surface area contributed by atoms with E-state index in [0.29, 0.717) is 35.8 Å². The Bertz CT molecular complexity index is 1060. The highest BCUT2D eigenvalue weighted by Gasteiger charge is 2.37. The molecular formula is C22H19F2N3O2. The summed E-state index contributed by atoms with van der Waals surface area (Å²) >= 11 is 0. The van der Waals surface area contributed by atoms with Gasteiger partial charge in [0.05, 0.1) is 17.8 Å². The first-order valence-corrected chi connectivity index (χ1v) is 9.75. The maximum atomic E-state index is 13.6. The molecule has 1 fully saturated rings. The highest BCUT2D eigenvalue weighted by atomic mass is 19.1. The molecule has 1 amide bonds. The molecule has 2 aliphatic rings. The minimum atomic E-state index is -0.407. The number of piperidine rings is 1. The van der Waals surface area contributed by atoms with E-state index in [1.807, 2.05) is 4.90 Å². The Morgan fingerprint density at radius 1 is 1.03 bits per heavy atom. The van der Waals surface area contributed by atoms with E-state index in [9.17, 15) is 13.6 Å². The van der Waals surface area contributed by atoms with E-state index in [2.05, 4.69) is 9.97 Å². The molecule has 1 saturated heterocycles. The van der Waals surface area contributed by atoms with Crippen LogP contribution in [0.15, 0.2) is 47.2 Å². The van der Waals surface area contributed by atoms with Crippen LogP contribution >= 0.6 is 0 Å². The van der Waals surface area contributed by atoms with Crippen molar-refractivity contribution in [3.63, 3.8) is 0 Å². The van der Waals surface area contributed by atoms with Crippen molar-refractivity contribution < 1.29 is 18.0 Å². The van der Waals surface area contributed by atoms with Gasteiger partial charge in [-0.15, -0.1) is 0 Å². The van der Waals surface area contributed by atoms with E-state index in [4.69, 9.17) is 4.42 Å². The van der Waals surface area contributed by atoms with Gasteiger partial charge in [0, 0.05) is 18.2 Å². The van der Waals surface area contributed by atoms with Crippen molar-refractivity contribution in [2.75, 3.05) is 6.54 Å². The Balaban J connectivity index is 1.39. The van der Waals surface area contributed by atoms with Gasteiger partial charge in [-0.05, 0) is 61.6 Å². The number of oxazole rings is 1. The summed E-state index contributed by atoms with van der Waals surface area (Å²) in [6.07, 6.45) is 5.89. The lowest BCUT2D eigenvalue weighted by atomic mass is 9.90. The first-order chi connectivity index (χ1) is 14.1. The highest BCUT2D eigenvalue weighted by Crippen LogP contribution is 2.35. The fourth-order valence-corrected chi connectivity index (χ4v) is 4.35. The molecule has 148 valence electrons. The van der Waals surface area contributed by atoms with Gasteiger partial charge in [0.25, 0.3) is 5.91 Å². The van der Waals surface area contributed by atoms with Gasteiger partial charge in [-0.1, -0.05) is 0 Å². The lowest BCUT2D eigenvalue weighted by Gasteiger charge is -2.37. The summed E-state index contributed by atoms with van der Waals surface area (Å²) in [7, 11) is 0. The fraction of sp³-hybridized carbons (Fsp3) is 0.318. The van der Waals surface area contributed by atoms with Crippen molar-refractivity contribution >= 4 is 5.91 Å². The van der Waals surface area contributed by atoms with Crippen molar-refractivity contribution in [3.8, 4) is 11.4 Å². The van der Waals surface area contributed by atoms with E-state index in [1.165, 1.54) is 24.5 Å². The first kappa shape index (κ1) is 18.0. The zero-order chi connectivity index (χ0) is 20.0. The molecule has 5 rings (SSSR count). The number of carbonyl (C=O) groups is 1. The molecule has 0 N–H and O–H groups in total. The van der Waals surface area contributed by atoms with Gasteiger partial charge >= 0.3 is 0 Å². The number of amides is 1. The van der Waals surface area contributed by atoms with Gasteiger partial charge in [-0.25, -0.2) is 13.8 Å². The molecule has 7 heteroatoms. The second-order valence-electron chi connectivity index (χ2n) is 7.66. The molecule has 2 aliphatic heterocycles. The van der Waals surface area contributed by atoms with E-state index in [-0.39, 0.29) is 23.7 Å². The highest BCUT2D eigenvalue weighted by molar-refractivity contribution is 5.96. The topological polar surface area (TPSA) is 59.2 Å². The predicted molar refractivity (Wildman–Crippen MR) is 101 cm³/mol. The van der Waals surface area contributed by atoms with Gasteiger partial charge in [0.2, 0.25) is 0 Å². The van der Waals surface area contributed by atoms with Crippen LogP contribution in [0.5, 0.6) is 0 Å². The molecule has 5 nitrogen and oxygen atoms in total. The number of nitrogens with zero attached hydrogens (tertiary/aromatic N) is 3. The van der Waals surface area contributed by atoms with Crippen LogP contribution in [0.4, 0.5) is 8.78 Å². The van der Waals surface area contributed by atoms with Gasteiger partial charge < -0.3 is 9.32 Å². The number of pyridine rings is 1. The van der Waals surface area contributed by atoms with E-state index >= 15 is 0 Å². The van der Waals surface area contributed by atoms with Gasteiger partial charge in [0.1, 0.15) is 23.6 Å². The number of benzene rings is 1. The molecule has 3 aromatic rings. The number of carbonyl (C=O) groups excluding carboxylic acids is 1. The summed E-state index contributed by atoms with van der Waals surface area (Å²) in [4.78, 5) is 23.6. The lowest BCUT2D eigenvalue weighted by Crippen LogP contribution is -2.45. The van der Waals surface area contributed by atoms with Crippen LogP contribution in [0.25, 0.3) is 11.4 Å². The van der Waals surface area contributed by atoms with Crippen LogP contribution < -0.4 is 0 Å². The predicted octanol–water partition coefficient (Wildman–Crippen LogP) is 4.35. The molecule has 0 bridgehead atoms. The third-order valence-corrected chi connectivity index (χ3v) is 5.87. The average Bonchev–Trinajstić information content (AvgIpc) is 3.18. The second-order valence-corrected chi connectivity index (χ2v) is 7.66. The third-order valence-electron chi connectivity index (χ3n) is 5.87. The van der Waals surface area contributed by atoms with Crippen LogP contribution in [0.2, 0.25) is 0 Å². The minimum Gasteiger partial charge on any atom is -0.448 e. The molecular weight excluding hydrogens is 376 g/mol. The van der Waals surface area contributed by atoms with Crippen LogP contribution in [0.3, 0.4) is 0 Å². The Morgan fingerprint density at radius 2 is 1.90 bits per heavy atom. The zero-order valence-corrected chi connectivity index (χ0v) is 15.6. The van der Waals surface area contributed by atoms with Gasteiger partial charge in [-0.2, -0.15) is 0 Å². The van der Waals surface area contributed by atoms with Gasteiger partial charge in [0.15, 0.2) is 5.89 Å². The summed E-state index contributed by atoms with van der Waals surface area (Å²) in [5.74, 6) is -0.238. The smallest absolute Gasteiger partial charge is 0.254 e. The Kier molecular flexibility index (Phi) is 4.38. The molecule has 0 unspecified atom stereocenters. The van der Waals surface area contributed by atoms with Crippen LogP contribution in [-0.4, -0.2) is 33.4 Å². The van der Waals surface area contributed by atoms with Crippen molar-refractivity contribution in [1.29, 1.82) is 0 Å². The quantitative estimate of drug-likeness (QED) is 0.647. The van der Waals surface area contributed by atoms with E-state index in [1.54, 1.807) is 12.1 Å². The molecule has 29 heavy (non-hydrogen) atoms. The van der Waals surface area contributed by atoms with Crippen LogP contribution in [0, 0.1) is 11.6 Å². The molecule has 0 aliphatic carbocycles. The largest absolute Gasteiger partial charge is 0.448 e. The minimum absolute atomic E-state index is 0.0219. The molecule has 0 saturated carbocycles. The summed E-state index contributed by atoms with van der Waals surface area (Å²) < 4.78 is 32.4. The first-order valence-electron chi connectivity index (χ1n) is 9.75. The molecule has 4 heterocycles. The number of halogens is 2. The maximum Gasteiger partial charge on any atom is 0.254 e. The number of fused-ring (bicyclic) bond motifs is 2. The number of hydrogen-bond acceptors (Lipinski definition) is 4. The number of hydrogen-bond donors (Lipinski definition) is 0. The average molecular weight is 395 g/mol. The molecule has 0 radical (unpaired) electrons. The molecule has 2 atom stereocenters. The Labute approximate surface area is 166 Å². The maximum absolute atomic E-state index is 13.6. The Hall–Kier alpha value is -3.09. The summed E-state index contributed by atoms with van der Waals surface area (Å²) in [6, 6.07) is 7.43. The zero-order valence-electron chi connectivity index (χ0n) is 15.6. The molecule has 1 aromatic carbocycles. The number of rotatable bonds is 2. The van der Waals surface area contributed by atoms with Crippen LogP contribution in [0.1, 0.15) is 47.0 Å². The van der Waals surface area contributed by atoms with E-state index < -0.39 is 5.82 Å². The fourth-order valence-electron chi connectivity index (χ4n) is 4.35. The number of aryl methyl sites for hydroxylation is 1. The monoisotopic (exact) mass is 395 g/mol. The molecule has 0 spiro atoms. The van der Waals surface area contributed by atoms with Crippen molar-refractivity contribution in [2.24, 2.45) is 0 Å². The van der Waals surface area contributed by atoms with Crippen molar-refractivity contribution in [3.05, 3.63) is 71.4 Å². The molecule has 2 aromatic heterocycles.